The average Bonchev–Trinajstić information content (AvgIpc) is 2.66. The number of nitrogens with one attached hydrogen (secondary N) is 1. The lowest BCUT2D eigenvalue weighted by Gasteiger charge is -2.21. The van der Waals surface area contributed by atoms with E-state index in [4.69, 9.17) is 4.74 Å². The second kappa shape index (κ2) is 5.94. The lowest BCUT2D eigenvalue weighted by atomic mass is 10.2. The van der Waals surface area contributed by atoms with Crippen molar-refractivity contribution in [2.24, 2.45) is 0 Å². The van der Waals surface area contributed by atoms with Crippen molar-refractivity contribution >= 4 is 18.0 Å². The molecule has 112 valence electrons. The van der Waals surface area contributed by atoms with Crippen molar-refractivity contribution in [3.05, 3.63) is 12.3 Å². The molecule has 0 aromatic carbocycles. The molecule has 7 heteroatoms. The van der Waals surface area contributed by atoms with E-state index in [1.54, 1.807) is 20.8 Å². The monoisotopic (exact) mass is 284 g/mol. The van der Waals surface area contributed by atoms with Gasteiger partial charge in [-0.05, 0) is 27.2 Å². The van der Waals surface area contributed by atoms with Gasteiger partial charge in [-0.15, -0.1) is 0 Å². The smallest absolute Gasteiger partial charge is 0.408 e. The van der Waals surface area contributed by atoms with Gasteiger partial charge in [-0.3, -0.25) is 4.79 Å². The quantitative estimate of drug-likeness (QED) is 0.612. The van der Waals surface area contributed by atoms with E-state index in [0.29, 0.717) is 13.0 Å². The Morgan fingerprint density at radius 2 is 2.00 bits per heavy atom. The fourth-order valence-corrected chi connectivity index (χ4v) is 1.76. The highest BCUT2D eigenvalue weighted by atomic mass is 16.6. The van der Waals surface area contributed by atoms with Gasteiger partial charge in [0, 0.05) is 6.54 Å². The van der Waals surface area contributed by atoms with Crippen molar-refractivity contribution in [3.8, 4) is 0 Å². The molecule has 0 radical (unpaired) electrons. The Morgan fingerprint density at radius 3 is 2.50 bits per heavy atom. The number of amides is 2. The Bertz CT molecular complexity index is 439. The van der Waals surface area contributed by atoms with E-state index in [-0.39, 0.29) is 5.70 Å². The van der Waals surface area contributed by atoms with Crippen LogP contribution in [0, 0.1) is 0 Å². The first-order chi connectivity index (χ1) is 9.15. The van der Waals surface area contributed by atoms with E-state index >= 15 is 0 Å². The Kier molecular flexibility index (Phi) is 4.75. The van der Waals surface area contributed by atoms with Crippen LogP contribution < -0.4 is 5.32 Å². The standard InChI is InChI=1S/C13H20N2O5/c1-8(11(17)19-5)15-7-6-9(10(15)16)14-12(18)20-13(2,3)4/h9H,1,6-7H2,2-5H3,(H,14,18)/t9-/m0/s1. The van der Waals surface area contributed by atoms with Gasteiger partial charge in [0.1, 0.15) is 17.3 Å². The summed E-state index contributed by atoms with van der Waals surface area (Å²) in [6.07, 6.45) is -0.282. The Balaban J connectivity index is 2.60. The SMILES string of the molecule is C=C(C(=O)OC)N1CC[C@H](NC(=O)OC(C)(C)C)C1=O. The minimum Gasteiger partial charge on any atom is -0.464 e. The molecule has 0 spiro atoms. The number of rotatable bonds is 3. The molecule has 1 atom stereocenters. The fraction of sp³-hybridized carbons (Fsp3) is 0.615. The Labute approximate surface area is 117 Å². The summed E-state index contributed by atoms with van der Waals surface area (Å²) < 4.78 is 9.59. The van der Waals surface area contributed by atoms with E-state index in [9.17, 15) is 14.4 Å². The minimum atomic E-state index is -0.716. The fourth-order valence-electron chi connectivity index (χ4n) is 1.76. The van der Waals surface area contributed by atoms with Crippen LogP contribution in [0.3, 0.4) is 0 Å². The van der Waals surface area contributed by atoms with Gasteiger partial charge in [-0.1, -0.05) is 6.58 Å². The van der Waals surface area contributed by atoms with Crippen molar-refractivity contribution in [3.63, 3.8) is 0 Å². The summed E-state index contributed by atoms with van der Waals surface area (Å²) in [6, 6.07) is -0.716. The molecular formula is C13H20N2O5. The summed E-state index contributed by atoms with van der Waals surface area (Å²) >= 11 is 0. The summed E-state index contributed by atoms with van der Waals surface area (Å²) in [5, 5.41) is 2.48. The first-order valence-electron chi connectivity index (χ1n) is 6.24. The molecule has 0 saturated carbocycles. The highest BCUT2D eigenvalue weighted by Crippen LogP contribution is 2.17. The van der Waals surface area contributed by atoms with Crippen LogP contribution in [0.2, 0.25) is 0 Å². The molecule has 7 nitrogen and oxygen atoms in total. The van der Waals surface area contributed by atoms with Gasteiger partial charge in [0.25, 0.3) is 0 Å². The molecule has 0 aromatic rings. The normalized spacial score (nSPS) is 18.7. The van der Waals surface area contributed by atoms with E-state index in [1.807, 2.05) is 0 Å². The average molecular weight is 284 g/mol. The van der Waals surface area contributed by atoms with Crippen LogP contribution in [0.5, 0.6) is 0 Å². The number of hydrogen-bond donors (Lipinski definition) is 1. The first kappa shape index (κ1) is 16.0. The van der Waals surface area contributed by atoms with Crippen LogP contribution >= 0.6 is 0 Å². The largest absolute Gasteiger partial charge is 0.464 e. The van der Waals surface area contributed by atoms with E-state index < -0.39 is 29.6 Å². The summed E-state index contributed by atoms with van der Waals surface area (Å²) in [5.41, 5.74) is -0.674. The zero-order chi connectivity index (χ0) is 15.5. The third-order valence-corrected chi connectivity index (χ3v) is 2.64. The lowest BCUT2D eigenvalue weighted by Crippen LogP contribution is -2.44. The van der Waals surface area contributed by atoms with Gasteiger partial charge in [0.05, 0.1) is 7.11 Å². The van der Waals surface area contributed by atoms with Crippen molar-refractivity contribution in [1.29, 1.82) is 0 Å². The van der Waals surface area contributed by atoms with Crippen molar-refractivity contribution in [1.82, 2.24) is 10.2 Å². The molecule has 20 heavy (non-hydrogen) atoms. The zero-order valence-electron chi connectivity index (χ0n) is 12.2. The molecule has 1 heterocycles. The van der Waals surface area contributed by atoms with Crippen molar-refractivity contribution in [2.75, 3.05) is 13.7 Å². The van der Waals surface area contributed by atoms with E-state index in [0.717, 1.165) is 0 Å². The number of esters is 1. The Hall–Kier alpha value is -2.05. The summed E-state index contributed by atoms with van der Waals surface area (Å²) in [4.78, 5) is 36.2. The van der Waals surface area contributed by atoms with Crippen LogP contribution in [-0.4, -0.2) is 48.2 Å². The molecule has 0 aromatic heterocycles. The number of hydrogen-bond acceptors (Lipinski definition) is 5. The van der Waals surface area contributed by atoms with Gasteiger partial charge in [0.2, 0.25) is 5.91 Å². The van der Waals surface area contributed by atoms with Crippen LogP contribution in [0.1, 0.15) is 27.2 Å². The molecule has 1 saturated heterocycles. The number of carbonyl (C=O) groups excluding carboxylic acids is 3. The maximum atomic E-state index is 12.1. The highest BCUT2D eigenvalue weighted by Gasteiger charge is 2.37. The van der Waals surface area contributed by atoms with Crippen LogP contribution in [0.25, 0.3) is 0 Å². The summed E-state index contributed by atoms with van der Waals surface area (Å²) in [5.74, 6) is -1.07. The van der Waals surface area contributed by atoms with E-state index in [2.05, 4.69) is 16.6 Å². The number of alkyl carbamates (subject to hydrolysis) is 1. The van der Waals surface area contributed by atoms with Gasteiger partial charge >= 0.3 is 12.1 Å². The zero-order valence-corrected chi connectivity index (χ0v) is 12.2. The number of carbonyl (C=O) groups is 3. The third kappa shape index (κ3) is 3.97. The third-order valence-electron chi connectivity index (χ3n) is 2.64. The maximum Gasteiger partial charge on any atom is 0.408 e. The second-order valence-corrected chi connectivity index (χ2v) is 5.42. The number of likely N-dealkylation sites (tertiary alicyclic amines) is 1. The molecule has 1 aliphatic rings. The molecule has 0 aliphatic carbocycles. The number of ether oxygens (including phenoxy) is 2. The van der Waals surface area contributed by atoms with Crippen molar-refractivity contribution in [2.45, 2.75) is 38.8 Å². The first-order valence-corrected chi connectivity index (χ1v) is 6.24. The van der Waals surface area contributed by atoms with Gasteiger partial charge in [-0.25, -0.2) is 9.59 Å². The van der Waals surface area contributed by atoms with Gasteiger partial charge in [0.15, 0.2) is 0 Å². The molecule has 1 fully saturated rings. The molecule has 1 rings (SSSR count). The Morgan fingerprint density at radius 1 is 1.40 bits per heavy atom. The van der Waals surface area contributed by atoms with Crippen LogP contribution in [0.4, 0.5) is 4.79 Å². The predicted molar refractivity (Wildman–Crippen MR) is 70.6 cm³/mol. The van der Waals surface area contributed by atoms with Gasteiger partial charge in [-0.2, -0.15) is 0 Å². The maximum absolute atomic E-state index is 12.1. The van der Waals surface area contributed by atoms with Crippen molar-refractivity contribution < 1.29 is 23.9 Å². The lowest BCUT2D eigenvalue weighted by molar-refractivity contribution is -0.141. The summed E-state index contributed by atoms with van der Waals surface area (Å²) in [7, 11) is 1.21. The van der Waals surface area contributed by atoms with E-state index in [1.165, 1.54) is 12.0 Å². The topological polar surface area (TPSA) is 84.9 Å². The molecule has 0 unspecified atom stereocenters. The van der Waals surface area contributed by atoms with Crippen LogP contribution in [-0.2, 0) is 19.1 Å². The molecular weight excluding hydrogens is 264 g/mol. The predicted octanol–water partition coefficient (Wildman–Crippen LogP) is 0.799. The number of nitrogens with zero attached hydrogens (tertiary/aromatic N) is 1. The minimum absolute atomic E-state index is 0.0361. The highest BCUT2D eigenvalue weighted by molar-refractivity contribution is 5.97. The number of methoxy groups -OCH3 is 1. The molecule has 1 N–H and O–H groups in total. The second-order valence-electron chi connectivity index (χ2n) is 5.42. The summed E-state index contributed by atoms with van der Waals surface area (Å²) in [6.45, 7) is 9.01. The van der Waals surface area contributed by atoms with Crippen LogP contribution in [0.15, 0.2) is 12.3 Å². The molecule has 2 amide bonds. The molecule has 0 bridgehead atoms. The molecule has 1 aliphatic heterocycles. The van der Waals surface area contributed by atoms with Gasteiger partial charge < -0.3 is 19.7 Å².